The number of nitrogens with zero attached hydrogens (tertiary/aromatic N) is 2. The first kappa shape index (κ1) is 18.7. The molecule has 1 aliphatic rings. The van der Waals surface area contributed by atoms with Gasteiger partial charge in [-0.15, -0.1) is 0 Å². The number of carbonyl (C=O) groups is 1. The first-order valence-corrected chi connectivity index (χ1v) is 9.74. The third-order valence-electron chi connectivity index (χ3n) is 4.10. The smallest absolute Gasteiger partial charge is 0.241 e. The van der Waals surface area contributed by atoms with Crippen LogP contribution in [0.2, 0.25) is 0 Å². The van der Waals surface area contributed by atoms with E-state index in [1.54, 1.807) is 6.07 Å². The van der Waals surface area contributed by atoms with Crippen molar-refractivity contribution in [1.29, 1.82) is 0 Å². The Hall–Kier alpha value is -1.67. The molecule has 0 radical (unpaired) electrons. The predicted octanol–water partition coefficient (Wildman–Crippen LogP) is 1.44. The zero-order valence-electron chi connectivity index (χ0n) is 14.4. The molecule has 1 aromatic heterocycles. The predicted molar refractivity (Wildman–Crippen MR) is 93.2 cm³/mol. The average molecular weight is 354 g/mol. The van der Waals surface area contributed by atoms with E-state index in [2.05, 4.69) is 28.9 Å². The van der Waals surface area contributed by atoms with Crippen LogP contribution in [0.25, 0.3) is 0 Å². The lowest BCUT2D eigenvalue weighted by atomic mass is 10.0. The first-order chi connectivity index (χ1) is 11.3. The molecule has 0 bridgehead atoms. The van der Waals surface area contributed by atoms with Gasteiger partial charge in [-0.2, -0.15) is 0 Å². The summed E-state index contributed by atoms with van der Waals surface area (Å²) in [7, 11) is -2.09. The van der Waals surface area contributed by atoms with Crippen molar-refractivity contribution in [2.75, 3.05) is 25.5 Å². The minimum atomic E-state index is -3.46. The molecule has 0 aromatic carbocycles. The molecule has 0 aliphatic carbocycles. The van der Waals surface area contributed by atoms with E-state index in [9.17, 15) is 13.2 Å². The van der Waals surface area contributed by atoms with Gasteiger partial charge in [0, 0.05) is 31.7 Å². The third kappa shape index (κ3) is 4.91. The zero-order valence-corrected chi connectivity index (χ0v) is 15.3. The van der Waals surface area contributed by atoms with Gasteiger partial charge in [0.05, 0.1) is 0 Å². The van der Waals surface area contributed by atoms with Crippen molar-refractivity contribution in [3.63, 3.8) is 0 Å². The molecular weight excluding hydrogens is 328 g/mol. The van der Waals surface area contributed by atoms with Crippen molar-refractivity contribution in [2.24, 2.45) is 5.92 Å². The lowest BCUT2D eigenvalue weighted by Crippen LogP contribution is -2.42. The molecular formula is C16H26N4O3S. The van der Waals surface area contributed by atoms with Gasteiger partial charge in [-0.05, 0) is 37.9 Å². The standard InChI is InChI=1S/C16H26N4O3S/c1-12(2)10-16(21)20-8-6-13(7-9-20)19-15-5-4-14(11-18-15)24(22,23)17-3/h4-5,11-13,17H,6-10H2,1-3H3,(H,18,19). The summed E-state index contributed by atoms with van der Waals surface area (Å²) in [6.07, 6.45) is 3.67. The molecule has 0 atom stereocenters. The molecule has 134 valence electrons. The molecule has 0 spiro atoms. The second-order valence-electron chi connectivity index (χ2n) is 6.48. The molecule has 24 heavy (non-hydrogen) atoms. The van der Waals surface area contributed by atoms with Gasteiger partial charge in [-0.1, -0.05) is 13.8 Å². The number of nitrogens with one attached hydrogen (secondary N) is 2. The van der Waals surface area contributed by atoms with Crippen LogP contribution >= 0.6 is 0 Å². The van der Waals surface area contributed by atoms with Gasteiger partial charge in [0.1, 0.15) is 10.7 Å². The fraction of sp³-hybridized carbons (Fsp3) is 0.625. The van der Waals surface area contributed by atoms with Crippen molar-refractivity contribution < 1.29 is 13.2 Å². The summed E-state index contributed by atoms with van der Waals surface area (Å²) in [5.74, 6) is 1.25. The summed E-state index contributed by atoms with van der Waals surface area (Å²) < 4.78 is 25.6. The van der Waals surface area contributed by atoms with Gasteiger partial charge in [-0.25, -0.2) is 18.1 Å². The summed E-state index contributed by atoms with van der Waals surface area (Å²) >= 11 is 0. The highest BCUT2D eigenvalue weighted by Crippen LogP contribution is 2.18. The maximum absolute atomic E-state index is 12.1. The number of sulfonamides is 1. The molecule has 2 N–H and O–H groups in total. The number of aromatic nitrogens is 1. The summed E-state index contributed by atoms with van der Waals surface area (Å²) in [5, 5.41) is 3.31. The van der Waals surface area contributed by atoms with E-state index in [1.165, 1.54) is 19.3 Å². The van der Waals surface area contributed by atoms with Crippen LogP contribution in [0.1, 0.15) is 33.1 Å². The molecule has 2 rings (SSSR count). The Labute approximate surface area is 143 Å². The Bertz CT molecular complexity index is 650. The van der Waals surface area contributed by atoms with E-state index < -0.39 is 10.0 Å². The van der Waals surface area contributed by atoms with Crippen molar-refractivity contribution in [2.45, 2.75) is 44.0 Å². The van der Waals surface area contributed by atoms with E-state index in [1.807, 2.05) is 4.90 Å². The Morgan fingerprint density at radius 3 is 2.50 bits per heavy atom. The van der Waals surface area contributed by atoms with Crippen LogP contribution in [0.15, 0.2) is 23.2 Å². The highest BCUT2D eigenvalue weighted by molar-refractivity contribution is 7.89. The summed E-state index contributed by atoms with van der Waals surface area (Å²) in [6, 6.07) is 3.44. The quantitative estimate of drug-likeness (QED) is 0.806. The second kappa shape index (κ2) is 7.94. The Morgan fingerprint density at radius 2 is 2.00 bits per heavy atom. The van der Waals surface area contributed by atoms with E-state index >= 15 is 0 Å². The molecule has 0 saturated carbocycles. The van der Waals surface area contributed by atoms with E-state index in [4.69, 9.17) is 0 Å². The Morgan fingerprint density at radius 1 is 1.33 bits per heavy atom. The first-order valence-electron chi connectivity index (χ1n) is 8.25. The maximum Gasteiger partial charge on any atom is 0.241 e. The van der Waals surface area contributed by atoms with Crippen molar-refractivity contribution in [3.05, 3.63) is 18.3 Å². The minimum Gasteiger partial charge on any atom is -0.367 e. The van der Waals surface area contributed by atoms with Gasteiger partial charge in [0.15, 0.2) is 0 Å². The number of rotatable bonds is 6. The topological polar surface area (TPSA) is 91.4 Å². The van der Waals surface area contributed by atoms with E-state index in [-0.39, 0.29) is 16.8 Å². The summed E-state index contributed by atoms with van der Waals surface area (Å²) in [4.78, 5) is 18.3. The monoisotopic (exact) mass is 354 g/mol. The van der Waals surface area contributed by atoms with Gasteiger partial charge in [0.25, 0.3) is 0 Å². The van der Waals surface area contributed by atoms with Crippen LogP contribution in [-0.4, -0.2) is 50.4 Å². The maximum atomic E-state index is 12.1. The van der Waals surface area contributed by atoms with Crippen LogP contribution < -0.4 is 10.0 Å². The van der Waals surface area contributed by atoms with Gasteiger partial charge < -0.3 is 10.2 Å². The van der Waals surface area contributed by atoms with Crippen LogP contribution in [0.5, 0.6) is 0 Å². The van der Waals surface area contributed by atoms with Crippen LogP contribution in [0.3, 0.4) is 0 Å². The fourth-order valence-electron chi connectivity index (χ4n) is 2.70. The number of hydrogen-bond acceptors (Lipinski definition) is 5. The van der Waals surface area contributed by atoms with Crippen molar-refractivity contribution in [1.82, 2.24) is 14.6 Å². The molecule has 1 aromatic rings. The van der Waals surface area contributed by atoms with E-state index in [0.717, 1.165) is 25.9 Å². The molecule has 2 heterocycles. The highest BCUT2D eigenvalue weighted by Gasteiger charge is 2.23. The Balaban J connectivity index is 1.87. The number of anilines is 1. The number of amides is 1. The lowest BCUT2D eigenvalue weighted by molar-refractivity contribution is -0.132. The van der Waals surface area contributed by atoms with Gasteiger partial charge >= 0.3 is 0 Å². The Kier molecular flexibility index (Phi) is 6.17. The minimum absolute atomic E-state index is 0.143. The molecule has 1 amide bonds. The van der Waals surface area contributed by atoms with Crippen LogP contribution in [-0.2, 0) is 14.8 Å². The summed E-state index contributed by atoms with van der Waals surface area (Å²) in [6.45, 7) is 5.59. The number of likely N-dealkylation sites (tertiary alicyclic amines) is 1. The zero-order chi connectivity index (χ0) is 17.7. The average Bonchev–Trinajstić information content (AvgIpc) is 2.55. The molecule has 1 fully saturated rings. The van der Waals surface area contributed by atoms with Crippen LogP contribution in [0, 0.1) is 5.92 Å². The second-order valence-corrected chi connectivity index (χ2v) is 8.37. The van der Waals surface area contributed by atoms with E-state index in [0.29, 0.717) is 18.2 Å². The number of carbonyl (C=O) groups excluding carboxylic acids is 1. The third-order valence-corrected chi connectivity index (χ3v) is 5.50. The molecule has 8 heteroatoms. The number of piperidine rings is 1. The SMILES string of the molecule is CNS(=O)(=O)c1ccc(NC2CCN(C(=O)CC(C)C)CC2)nc1. The molecule has 7 nitrogen and oxygen atoms in total. The largest absolute Gasteiger partial charge is 0.367 e. The normalized spacial score (nSPS) is 16.4. The van der Waals surface area contributed by atoms with Gasteiger partial charge in [0.2, 0.25) is 15.9 Å². The number of pyridine rings is 1. The van der Waals surface area contributed by atoms with Crippen molar-refractivity contribution in [3.8, 4) is 0 Å². The van der Waals surface area contributed by atoms with Crippen LogP contribution in [0.4, 0.5) is 5.82 Å². The molecule has 1 aliphatic heterocycles. The lowest BCUT2D eigenvalue weighted by Gasteiger charge is -2.33. The fourth-order valence-corrected chi connectivity index (χ4v) is 3.38. The van der Waals surface area contributed by atoms with Gasteiger partial charge in [-0.3, -0.25) is 4.79 Å². The number of hydrogen-bond donors (Lipinski definition) is 2. The van der Waals surface area contributed by atoms with Crippen molar-refractivity contribution >= 4 is 21.7 Å². The molecule has 0 unspecified atom stereocenters. The summed E-state index contributed by atoms with van der Waals surface area (Å²) in [5.41, 5.74) is 0. The molecule has 1 saturated heterocycles. The highest BCUT2D eigenvalue weighted by atomic mass is 32.2.